The smallest absolute Gasteiger partial charge is 0.242 e. The molecule has 2 aromatic carbocycles. The number of thioether (sulfide) groups is 1. The summed E-state index contributed by atoms with van der Waals surface area (Å²) in [7, 11) is 0. The van der Waals surface area contributed by atoms with Crippen LogP contribution in [0.2, 0.25) is 0 Å². The number of nitrogens with zero attached hydrogens (tertiary/aromatic N) is 1. The molecule has 0 bridgehead atoms. The van der Waals surface area contributed by atoms with Crippen LogP contribution in [0, 0.1) is 5.82 Å². The second-order valence-electron chi connectivity index (χ2n) is 7.26. The normalized spacial score (nSPS) is 12.8. The van der Waals surface area contributed by atoms with Gasteiger partial charge in [-0.15, -0.1) is 11.8 Å². The lowest BCUT2D eigenvalue weighted by molar-refractivity contribution is -0.138. The summed E-state index contributed by atoms with van der Waals surface area (Å²) in [5, 5.41) is 2.96. The summed E-state index contributed by atoms with van der Waals surface area (Å²) in [4.78, 5) is 27.3. The Labute approximate surface area is 190 Å². The molecule has 162 valence electrons. The molecule has 2 atom stereocenters. The Morgan fingerprint density at radius 3 is 2.47 bits per heavy atom. The van der Waals surface area contributed by atoms with Crippen LogP contribution >= 0.6 is 27.7 Å². The van der Waals surface area contributed by atoms with E-state index in [9.17, 15) is 14.0 Å². The third-order valence-corrected chi connectivity index (χ3v) is 6.30. The van der Waals surface area contributed by atoms with Gasteiger partial charge in [0.2, 0.25) is 11.8 Å². The molecule has 2 aromatic rings. The molecule has 0 saturated carbocycles. The van der Waals surface area contributed by atoms with Crippen molar-refractivity contribution in [3.05, 3.63) is 69.9 Å². The fourth-order valence-electron chi connectivity index (χ4n) is 2.80. The van der Waals surface area contributed by atoms with Crippen LogP contribution in [0.4, 0.5) is 4.39 Å². The lowest BCUT2D eigenvalue weighted by Gasteiger charge is -2.29. The van der Waals surface area contributed by atoms with Gasteiger partial charge in [-0.25, -0.2) is 4.39 Å². The Hall–Kier alpha value is -1.86. The van der Waals surface area contributed by atoms with Crippen LogP contribution in [0.25, 0.3) is 0 Å². The predicted molar refractivity (Wildman–Crippen MR) is 125 cm³/mol. The van der Waals surface area contributed by atoms with E-state index in [-0.39, 0.29) is 29.4 Å². The van der Waals surface area contributed by atoms with Crippen molar-refractivity contribution in [2.24, 2.45) is 0 Å². The standard InChI is InChI=1S/C23H28BrFN2O2S/c1-4-16(2)26-23(29)17(3)27(13-19-6-5-7-20(24)12-19)22(28)15-30-14-18-8-10-21(25)11-9-18/h5-12,16-17H,4,13-15H2,1-3H3,(H,26,29)/t16-,17+/m1/s1. The molecule has 0 heterocycles. The zero-order chi connectivity index (χ0) is 22.1. The second kappa shape index (κ2) is 12.1. The Balaban J connectivity index is 2.07. The van der Waals surface area contributed by atoms with Gasteiger partial charge in [0.05, 0.1) is 5.75 Å². The van der Waals surface area contributed by atoms with Gasteiger partial charge < -0.3 is 10.2 Å². The molecule has 7 heteroatoms. The summed E-state index contributed by atoms with van der Waals surface area (Å²) in [6, 6.07) is 13.5. The molecule has 0 unspecified atom stereocenters. The van der Waals surface area contributed by atoms with Gasteiger partial charge in [-0.2, -0.15) is 0 Å². The van der Waals surface area contributed by atoms with Crippen molar-refractivity contribution in [2.45, 2.75) is 51.6 Å². The van der Waals surface area contributed by atoms with Crippen molar-refractivity contribution >= 4 is 39.5 Å². The average Bonchev–Trinajstić information content (AvgIpc) is 2.72. The number of benzene rings is 2. The lowest BCUT2D eigenvalue weighted by Crippen LogP contribution is -2.50. The highest BCUT2D eigenvalue weighted by Gasteiger charge is 2.26. The zero-order valence-electron chi connectivity index (χ0n) is 17.5. The van der Waals surface area contributed by atoms with E-state index in [0.29, 0.717) is 12.3 Å². The monoisotopic (exact) mass is 494 g/mol. The summed E-state index contributed by atoms with van der Waals surface area (Å²) in [6.07, 6.45) is 0.825. The average molecular weight is 495 g/mol. The molecule has 2 rings (SSSR count). The summed E-state index contributed by atoms with van der Waals surface area (Å²) in [5.74, 6) is 0.308. The Bertz CT molecular complexity index is 847. The highest BCUT2D eigenvalue weighted by atomic mass is 79.9. The molecule has 30 heavy (non-hydrogen) atoms. The minimum absolute atomic E-state index is 0.0515. The van der Waals surface area contributed by atoms with E-state index >= 15 is 0 Å². The van der Waals surface area contributed by atoms with Gasteiger partial charge in [0.15, 0.2) is 0 Å². The van der Waals surface area contributed by atoms with Crippen LogP contribution < -0.4 is 5.32 Å². The van der Waals surface area contributed by atoms with Crippen LogP contribution in [0.3, 0.4) is 0 Å². The van der Waals surface area contributed by atoms with Crippen LogP contribution in [-0.4, -0.2) is 34.6 Å². The van der Waals surface area contributed by atoms with Gasteiger partial charge in [-0.3, -0.25) is 9.59 Å². The minimum Gasteiger partial charge on any atom is -0.352 e. The largest absolute Gasteiger partial charge is 0.352 e. The van der Waals surface area contributed by atoms with E-state index in [2.05, 4.69) is 21.2 Å². The molecule has 1 N–H and O–H groups in total. The van der Waals surface area contributed by atoms with Gasteiger partial charge in [-0.05, 0) is 55.7 Å². The van der Waals surface area contributed by atoms with Crippen molar-refractivity contribution in [2.75, 3.05) is 5.75 Å². The third-order valence-electron chi connectivity index (χ3n) is 4.82. The Kier molecular flexibility index (Phi) is 9.85. The molecule has 0 aromatic heterocycles. The maximum Gasteiger partial charge on any atom is 0.242 e. The first-order valence-electron chi connectivity index (χ1n) is 9.96. The number of carbonyl (C=O) groups excluding carboxylic acids is 2. The van der Waals surface area contributed by atoms with Gasteiger partial charge in [0, 0.05) is 22.8 Å². The molecular formula is C23H28BrFN2O2S. The van der Waals surface area contributed by atoms with Crippen molar-refractivity contribution in [1.29, 1.82) is 0 Å². The van der Waals surface area contributed by atoms with Gasteiger partial charge in [0.1, 0.15) is 11.9 Å². The lowest BCUT2D eigenvalue weighted by atomic mass is 10.1. The first kappa shape index (κ1) is 24.4. The molecule has 0 aliphatic rings. The molecule has 2 amide bonds. The Morgan fingerprint density at radius 1 is 1.13 bits per heavy atom. The van der Waals surface area contributed by atoms with E-state index in [1.807, 2.05) is 38.1 Å². The summed E-state index contributed by atoms with van der Waals surface area (Å²) in [5.41, 5.74) is 1.90. The number of nitrogens with one attached hydrogen (secondary N) is 1. The van der Waals surface area contributed by atoms with Crippen LogP contribution in [0.5, 0.6) is 0 Å². The minimum atomic E-state index is -0.586. The number of halogens is 2. The SMILES string of the molecule is CC[C@@H](C)NC(=O)[C@H](C)N(Cc1cccc(Br)c1)C(=O)CSCc1ccc(F)cc1. The second-order valence-corrected chi connectivity index (χ2v) is 9.17. The van der Waals surface area contributed by atoms with E-state index in [4.69, 9.17) is 0 Å². The first-order chi connectivity index (χ1) is 14.3. The fourth-order valence-corrected chi connectivity index (χ4v) is 4.12. The van der Waals surface area contributed by atoms with Gasteiger partial charge in [0.25, 0.3) is 0 Å². The summed E-state index contributed by atoms with van der Waals surface area (Å²) in [6.45, 7) is 6.07. The molecular weight excluding hydrogens is 467 g/mol. The Morgan fingerprint density at radius 2 is 1.83 bits per heavy atom. The van der Waals surface area contributed by atoms with Gasteiger partial charge in [-0.1, -0.05) is 47.1 Å². The molecule has 0 spiro atoms. The highest BCUT2D eigenvalue weighted by molar-refractivity contribution is 9.10. The van der Waals surface area contributed by atoms with E-state index in [0.717, 1.165) is 22.0 Å². The third kappa shape index (κ3) is 7.76. The number of hydrogen-bond acceptors (Lipinski definition) is 3. The fraction of sp³-hybridized carbons (Fsp3) is 0.391. The molecule has 0 radical (unpaired) electrons. The van der Waals surface area contributed by atoms with Crippen molar-refractivity contribution in [3.8, 4) is 0 Å². The van der Waals surface area contributed by atoms with E-state index < -0.39 is 6.04 Å². The maximum absolute atomic E-state index is 13.1. The van der Waals surface area contributed by atoms with E-state index in [1.165, 1.54) is 23.9 Å². The molecule has 0 fully saturated rings. The predicted octanol–water partition coefficient (Wildman–Crippen LogP) is 5.15. The zero-order valence-corrected chi connectivity index (χ0v) is 19.9. The molecule has 0 saturated heterocycles. The summed E-state index contributed by atoms with van der Waals surface area (Å²) >= 11 is 4.91. The molecule has 0 aliphatic heterocycles. The number of amides is 2. The van der Waals surface area contributed by atoms with Crippen LogP contribution in [-0.2, 0) is 21.9 Å². The maximum atomic E-state index is 13.1. The number of rotatable bonds is 10. The first-order valence-corrected chi connectivity index (χ1v) is 11.9. The van der Waals surface area contributed by atoms with Crippen molar-refractivity contribution < 1.29 is 14.0 Å². The van der Waals surface area contributed by atoms with Crippen LogP contribution in [0.1, 0.15) is 38.3 Å². The number of hydrogen-bond donors (Lipinski definition) is 1. The topological polar surface area (TPSA) is 49.4 Å². The quantitative estimate of drug-likeness (QED) is 0.496. The molecule has 0 aliphatic carbocycles. The summed E-state index contributed by atoms with van der Waals surface area (Å²) < 4.78 is 14.0. The van der Waals surface area contributed by atoms with Crippen LogP contribution in [0.15, 0.2) is 53.0 Å². The highest BCUT2D eigenvalue weighted by Crippen LogP contribution is 2.18. The van der Waals surface area contributed by atoms with Gasteiger partial charge >= 0.3 is 0 Å². The van der Waals surface area contributed by atoms with Crippen molar-refractivity contribution in [1.82, 2.24) is 10.2 Å². The van der Waals surface area contributed by atoms with Crippen molar-refractivity contribution in [3.63, 3.8) is 0 Å². The number of carbonyl (C=O) groups is 2. The van der Waals surface area contributed by atoms with E-state index in [1.54, 1.807) is 24.0 Å². The molecule has 4 nitrogen and oxygen atoms in total.